The maximum Gasteiger partial charge on any atom is -0.0205 e. The van der Waals surface area contributed by atoms with Gasteiger partial charge in [-0.2, -0.15) is 10.5 Å². The molecule has 0 saturated carbocycles. The summed E-state index contributed by atoms with van der Waals surface area (Å²) in [5.74, 6) is 0.739. The quantitative estimate of drug-likeness (QED) is 0.464. The molecular formula is C11H22S. The zero-order valence-electron chi connectivity index (χ0n) is 9.11. The summed E-state index contributed by atoms with van der Waals surface area (Å²) >= 11 is 0. The maximum atomic E-state index is 3.94. The Bertz CT molecular complexity index is 183. The molecule has 0 N–H and O–H groups in total. The smallest absolute Gasteiger partial charge is 0.0205 e. The molecule has 0 heterocycles. The lowest BCUT2D eigenvalue weighted by molar-refractivity contribution is 0.855. The standard InChI is InChI=1S/C11H22S/c1-9(2)7-8-11(10(3)4)12(5)6/h10H,1,7-8H2,2-6H3. The van der Waals surface area contributed by atoms with E-state index >= 15 is 0 Å². The van der Waals surface area contributed by atoms with Crippen molar-refractivity contribution in [1.82, 2.24) is 0 Å². The van der Waals surface area contributed by atoms with E-state index in [2.05, 4.69) is 39.9 Å². The summed E-state index contributed by atoms with van der Waals surface area (Å²) in [6, 6.07) is 0. The topological polar surface area (TPSA) is 0 Å². The van der Waals surface area contributed by atoms with Crippen LogP contribution in [0.5, 0.6) is 0 Å². The van der Waals surface area contributed by atoms with Gasteiger partial charge in [-0.1, -0.05) is 19.4 Å². The van der Waals surface area contributed by atoms with E-state index in [-0.39, 0.29) is 0 Å². The summed E-state index contributed by atoms with van der Waals surface area (Å²) in [6.07, 6.45) is 7.03. The molecule has 0 rings (SSSR count). The molecule has 0 aliphatic carbocycles. The monoisotopic (exact) mass is 186 g/mol. The largest absolute Gasteiger partial charge is 0.193 e. The van der Waals surface area contributed by atoms with Crippen LogP contribution in [0, 0.1) is 5.92 Å². The number of rotatable bonds is 4. The van der Waals surface area contributed by atoms with Crippen LogP contribution >= 0.6 is 10.5 Å². The maximum absolute atomic E-state index is 3.94. The van der Waals surface area contributed by atoms with E-state index in [4.69, 9.17) is 0 Å². The molecule has 0 saturated heterocycles. The van der Waals surface area contributed by atoms with Crippen LogP contribution in [0.15, 0.2) is 12.2 Å². The van der Waals surface area contributed by atoms with Crippen molar-refractivity contribution in [2.24, 2.45) is 5.92 Å². The Balaban J connectivity index is 4.18. The van der Waals surface area contributed by atoms with Crippen LogP contribution in [-0.2, 0) is 0 Å². The van der Waals surface area contributed by atoms with E-state index in [0.717, 1.165) is 5.92 Å². The summed E-state index contributed by atoms with van der Waals surface area (Å²) in [5.41, 5.74) is 1.30. The van der Waals surface area contributed by atoms with E-state index in [9.17, 15) is 0 Å². The Morgan fingerprint density at radius 1 is 1.25 bits per heavy atom. The Labute approximate surface area is 80.0 Å². The minimum Gasteiger partial charge on any atom is -0.193 e. The minimum atomic E-state index is 0.476. The summed E-state index contributed by atoms with van der Waals surface area (Å²) in [4.78, 5) is 1.71. The SMILES string of the molecule is C=C(C)CCC(C(C)C)=S(C)C. The third kappa shape index (κ3) is 4.76. The highest BCUT2D eigenvalue weighted by Gasteiger charge is 2.04. The first-order valence-corrected chi connectivity index (χ1v) is 6.57. The number of hydrogen-bond acceptors (Lipinski definition) is 0. The van der Waals surface area contributed by atoms with Gasteiger partial charge < -0.3 is 0 Å². The first-order chi connectivity index (χ1) is 5.45. The highest BCUT2D eigenvalue weighted by molar-refractivity contribution is 8.14. The molecule has 72 valence electrons. The fourth-order valence-electron chi connectivity index (χ4n) is 1.30. The lowest BCUT2D eigenvalue weighted by atomic mass is 10.0. The molecule has 0 amide bonds. The van der Waals surface area contributed by atoms with Gasteiger partial charge in [-0.15, -0.1) is 6.58 Å². The predicted octanol–water partition coefficient (Wildman–Crippen LogP) is 3.70. The Morgan fingerprint density at radius 3 is 2.00 bits per heavy atom. The van der Waals surface area contributed by atoms with Crippen molar-refractivity contribution in [3.05, 3.63) is 12.2 Å². The van der Waals surface area contributed by atoms with Crippen molar-refractivity contribution in [2.45, 2.75) is 33.6 Å². The van der Waals surface area contributed by atoms with Gasteiger partial charge >= 0.3 is 0 Å². The second-order valence-corrected chi connectivity index (χ2v) is 6.05. The van der Waals surface area contributed by atoms with Crippen molar-refractivity contribution in [2.75, 3.05) is 12.5 Å². The van der Waals surface area contributed by atoms with Gasteiger partial charge in [-0.3, -0.25) is 0 Å². The van der Waals surface area contributed by atoms with Gasteiger partial charge in [0.15, 0.2) is 0 Å². The lowest BCUT2D eigenvalue weighted by Gasteiger charge is -2.14. The molecule has 0 aromatic heterocycles. The molecule has 1 heteroatoms. The average molecular weight is 186 g/mol. The molecule has 0 aliphatic heterocycles. The van der Waals surface area contributed by atoms with Crippen LogP contribution in [0.2, 0.25) is 0 Å². The predicted molar refractivity (Wildman–Crippen MR) is 63.3 cm³/mol. The van der Waals surface area contributed by atoms with Crippen molar-refractivity contribution in [3.8, 4) is 0 Å². The van der Waals surface area contributed by atoms with Crippen molar-refractivity contribution >= 4 is 15.3 Å². The van der Waals surface area contributed by atoms with E-state index in [1.165, 1.54) is 18.4 Å². The summed E-state index contributed by atoms with van der Waals surface area (Å²) in [7, 11) is 0.476. The van der Waals surface area contributed by atoms with Gasteiger partial charge in [-0.05, 0) is 43.1 Å². The van der Waals surface area contributed by atoms with Crippen molar-refractivity contribution < 1.29 is 0 Å². The fraction of sp³-hybridized carbons (Fsp3) is 0.727. The van der Waals surface area contributed by atoms with E-state index in [1.54, 1.807) is 4.86 Å². The first-order valence-electron chi connectivity index (χ1n) is 4.52. The second kappa shape index (κ2) is 5.58. The average Bonchev–Trinajstić information content (AvgIpc) is 1.84. The molecule has 0 aromatic rings. The molecule has 0 fully saturated rings. The Kier molecular flexibility index (Phi) is 5.56. The van der Waals surface area contributed by atoms with E-state index in [0.29, 0.717) is 10.5 Å². The fourth-order valence-corrected chi connectivity index (χ4v) is 2.75. The van der Waals surface area contributed by atoms with Gasteiger partial charge in [0, 0.05) is 0 Å². The third-order valence-corrected chi connectivity index (χ3v) is 3.69. The van der Waals surface area contributed by atoms with Crippen LogP contribution in [0.4, 0.5) is 0 Å². The van der Waals surface area contributed by atoms with Gasteiger partial charge in [-0.25, -0.2) is 0 Å². The Hall–Kier alpha value is -0.0400. The molecule has 0 atom stereocenters. The molecule has 0 unspecified atom stereocenters. The van der Waals surface area contributed by atoms with Gasteiger partial charge in [0.1, 0.15) is 0 Å². The highest BCUT2D eigenvalue weighted by Crippen LogP contribution is 2.17. The highest BCUT2D eigenvalue weighted by atomic mass is 32.2. The van der Waals surface area contributed by atoms with Gasteiger partial charge in [0.25, 0.3) is 0 Å². The minimum absolute atomic E-state index is 0.476. The van der Waals surface area contributed by atoms with Crippen LogP contribution in [0.1, 0.15) is 33.6 Å². The van der Waals surface area contributed by atoms with Gasteiger partial charge in [0.05, 0.1) is 0 Å². The van der Waals surface area contributed by atoms with Crippen LogP contribution < -0.4 is 0 Å². The molecule has 0 aromatic carbocycles. The normalized spacial score (nSPS) is 10.9. The number of allylic oxidation sites excluding steroid dienone is 1. The van der Waals surface area contributed by atoms with Crippen LogP contribution in [-0.4, -0.2) is 17.4 Å². The zero-order chi connectivity index (χ0) is 9.72. The summed E-state index contributed by atoms with van der Waals surface area (Å²) in [6.45, 7) is 10.6. The van der Waals surface area contributed by atoms with Crippen LogP contribution in [0.3, 0.4) is 0 Å². The second-order valence-electron chi connectivity index (χ2n) is 3.89. The van der Waals surface area contributed by atoms with Gasteiger partial charge in [0.2, 0.25) is 0 Å². The Morgan fingerprint density at radius 2 is 1.75 bits per heavy atom. The molecule has 0 nitrogen and oxygen atoms in total. The molecule has 0 radical (unpaired) electrons. The van der Waals surface area contributed by atoms with Crippen molar-refractivity contribution in [3.63, 3.8) is 0 Å². The molecule has 0 bridgehead atoms. The molecule has 12 heavy (non-hydrogen) atoms. The van der Waals surface area contributed by atoms with Crippen LogP contribution in [0.25, 0.3) is 0 Å². The molecule has 0 aliphatic rings. The first kappa shape index (κ1) is 12.0. The summed E-state index contributed by atoms with van der Waals surface area (Å²) in [5, 5.41) is 0. The lowest BCUT2D eigenvalue weighted by Crippen LogP contribution is -2.07. The third-order valence-electron chi connectivity index (χ3n) is 1.97. The summed E-state index contributed by atoms with van der Waals surface area (Å²) < 4.78 is 0. The zero-order valence-corrected chi connectivity index (χ0v) is 9.92. The molecule has 0 spiro atoms. The van der Waals surface area contributed by atoms with E-state index in [1.807, 2.05) is 0 Å². The van der Waals surface area contributed by atoms with Crippen molar-refractivity contribution in [1.29, 1.82) is 0 Å². The number of hydrogen-bond donors (Lipinski definition) is 0. The van der Waals surface area contributed by atoms with E-state index < -0.39 is 0 Å². The molecular weight excluding hydrogens is 164 g/mol.